The highest BCUT2D eigenvalue weighted by atomic mass is 32.1. The van der Waals surface area contributed by atoms with E-state index in [1.54, 1.807) is 26.0 Å². The van der Waals surface area contributed by atoms with Crippen molar-refractivity contribution in [1.29, 1.82) is 0 Å². The highest BCUT2D eigenvalue weighted by molar-refractivity contribution is 7.16. The van der Waals surface area contributed by atoms with E-state index in [9.17, 15) is 19.7 Å². The maximum Gasteiger partial charge on any atom is 0.341 e. The van der Waals surface area contributed by atoms with Gasteiger partial charge in [0, 0.05) is 22.5 Å². The number of ether oxygens (including phenoxy) is 1. The summed E-state index contributed by atoms with van der Waals surface area (Å²) in [6.07, 6.45) is 5.36. The van der Waals surface area contributed by atoms with E-state index in [2.05, 4.69) is 10.6 Å². The smallest absolute Gasteiger partial charge is 0.341 e. The molecular weight excluding hydrogens is 418 g/mol. The van der Waals surface area contributed by atoms with Crippen molar-refractivity contribution in [3.05, 3.63) is 49.9 Å². The minimum Gasteiger partial charge on any atom is -0.462 e. The normalized spacial score (nSPS) is 14.2. The summed E-state index contributed by atoms with van der Waals surface area (Å²) in [4.78, 5) is 37.2. The molecule has 0 spiro atoms. The fourth-order valence-corrected chi connectivity index (χ4v) is 4.80. The number of esters is 1. The zero-order chi connectivity index (χ0) is 22.5. The number of anilines is 2. The van der Waals surface area contributed by atoms with Crippen LogP contribution in [0.3, 0.4) is 0 Å². The van der Waals surface area contributed by atoms with Crippen LogP contribution in [-0.2, 0) is 4.74 Å². The van der Waals surface area contributed by atoms with E-state index in [1.807, 2.05) is 6.92 Å². The standard InChI is InChI=1S/C22H27N3O5S/c1-4-30-22(27)19-13(2)14(3)31-21(19)24-20(26)15-10-11-17(18(12-15)25(28)29)23-16-8-6-5-7-9-16/h10-12,16,23H,4-9H2,1-3H3,(H,24,26). The number of hydrogen-bond acceptors (Lipinski definition) is 7. The Kier molecular flexibility index (Phi) is 7.27. The largest absolute Gasteiger partial charge is 0.462 e. The van der Waals surface area contributed by atoms with Gasteiger partial charge in [0.2, 0.25) is 0 Å². The highest BCUT2D eigenvalue weighted by Gasteiger charge is 2.24. The molecule has 1 aromatic heterocycles. The topological polar surface area (TPSA) is 111 Å². The van der Waals surface area contributed by atoms with Crippen LogP contribution in [0.1, 0.15) is 70.2 Å². The predicted molar refractivity (Wildman–Crippen MR) is 121 cm³/mol. The van der Waals surface area contributed by atoms with E-state index in [4.69, 9.17) is 4.74 Å². The van der Waals surface area contributed by atoms with Gasteiger partial charge in [0.25, 0.3) is 11.6 Å². The Hall–Kier alpha value is -2.94. The van der Waals surface area contributed by atoms with Gasteiger partial charge in [-0.15, -0.1) is 11.3 Å². The SMILES string of the molecule is CCOC(=O)c1c(NC(=O)c2ccc(NC3CCCCC3)c([N+](=O)[O-])c2)sc(C)c1C. The van der Waals surface area contributed by atoms with Crippen molar-refractivity contribution in [2.75, 3.05) is 17.2 Å². The number of rotatable bonds is 7. The number of aryl methyl sites for hydroxylation is 1. The van der Waals surface area contributed by atoms with Gasteiger partial charge in [0.15, 0.2) is 0 Å². The van der Waals surface area contributed by atoms with Gasteiger partial charge in [-0.05, 0) is 51.3 Å². The molecule has 0 unspecified atom stereocenters. The van der Waals surface area contributed by atoms with Gasteiger partial charge < -0.3 is 15.4 Å². The third-order valence-electron chi connectivity index (χ3n) is 5.51. The predicted octanol–water partition coefficient (Wildman–Crippen LogP) is 5.45. The van der Waals surface area contributed by atoms with Crippen LogP contribution in [0, 0.1) is 24.0 Å². The zero-order valence-electron chi connectivity index (χ0n) is 17.9. The van der Waals surface area contributed by atoms with Crippen LogP contribution in [0.25, 0.3) is 0 Å². The monoisotopic (exact) mass is 445 g/mol. The Balaban J connectivity index is 1.84. The van der Waals surface area contributed by atoms with Crippen molar-refractivity contribution in [2.24, 2.45) is 0 Å². The average molecular weight is 446 g/mol. The summed E-state index contributed by atoms with van der Waals surface area (Å²) in [7, 11) is 0. The first kappa shape index (κ1) is 22.7. The molecule has 0 bridgehead atoms. The minimum absolute atomic E-state index is 0.137. The Morgan fingerprint density at radius 3 is 2.58 bits per heavy atom. The summed E-state index contributed by atoms with van der Waals surface area (Å²) < 4.78 is 5.11. The van der Waals surface area contributed by atoms with Crippen LogP contribution in [0.4, 0.5) is 16.4 Å². The van der Waals surface area contributed by atoms with Gasteiger partial charge in [0.05, 0.1) is 17.1 Å². The number of nitro groups is 1. The second-order valence-electron chi connectivity index (χ2n) is 7.63. The molecule has 1 saturated carbocycles. The average Bonchev–Trinajstić information content (AvgIpc) is 3.02. The van der Waals surface area contributed by atoms with Gasteiger partial charge in [-0.2, -0.15) is 0 Å². The van der Waals surface area contributed by atoms with Gasteiger partial charge in [-0.25, -0.2) is 4.79 Å². The molecule has 1 aromatic carbocycles. The van der Waals surface area contributed by atoms with E-state index in [0.717, 1.165) is 36.1 Å². The maximum atomic E-state index is 12.8. The molecule has 1 amide bonds. The van der Waals surface area contributed by atoms with Crippen LogP contribution in [-0.4, -0.2) is 29.4 Å². The molecule has 2 aromatic rings. The fraction of sp³-hybridized carbons (Fsp3) is 0.455. The summed E-state index contributed by atoms with van der Waals surface area (Å²) in [5.41, 5.74) is 1.50. The Bertz CT molecular complexity index is 995. The lowest BCUT2D eigenvalue weighted by Gasteiger charge is -2.23. The van der Waals surface area contributed by atoms with Crippen molar-refractivity contribution in [1.82, 2.24) is 0 Å². The van der Waals surface area contributed by atoms with Crippen molar-refractivity contribution >= 4 is 39.6 Å². The Morgan fingerprint density at radius 2 is 1.94 bits per heavy atom. The molecule has 0 aliphatic heterocycles. The van der Waals surface area contributed by atoms with Crippen LogP contribution >= 0.6 is 11.3 Å². The molecule has 1 aliphatic rings. The lowest BCUT2D eigenvalue weighted by molar-refractivity contribution is -0.384. The fourth-order valence-electron chi connectivity index (χ4n) is 3.75. The molecule has 1 heterocycles. The first-order valence-corrected chi connectivity index (χ1v) is 11.3. The highest BCUT2D eigenvalue weighted by Crippen LogP contribution is 2.34. The molecule has 1 fully saturated rings. The molecule has 3 rings (SSSR count). The number of benzene rings is 1. The third-order valence-corrected chi connectivity index (χ3v) is 6.64. The second-order valence-corrected chi connectivity index (χ2v) is 8.86. The minimum atomic E-state index is -0.515. The quantitative estimate of drug-likeness (QED) is 0.333. The Morgan fingerprint density at radius 1 is 1.23 bits per heavy atom. The molecule has 0 atom stereocenters. The van der Waals surface area contributed by atoms with E-state index in [0.29, 0.717) is 16.3 Å². The van der Waals surface area contributed by atoms with Crippen molar-refractivity contribution in [3.63, 3.8) is 0 Å². The van der Waals surface area contributed by atoms with Crippen LogP contribution in [0.2, 0.25) is 0 Å². The van der Waals surface area contributed by atoms with Crippen LogP contribution in [0.15, 0.2) is 18.2 Å². The maximum absolute atomic E-state index is 12.8. The van der Waals surface area contributed by atoms with Gasteiger partial charge >= 0.3 is 5.97 Å². The van der Waals surface area contributed by atoms with E-state index in [-0.39, 0.29) is 23.9 Å². The van der Waals surface area contributed by atoms with E-state index in [1.165, 1.54) is 23.8 Å². The number of nitrogens with one attached hydrogen (secondary N) is 2. The van der Waals surface area contributed by atoms with E-state index >= 15 is 0 Å². The van der Waals surface area contributed by atoms with Gasteiger partial charge in [0.1, 0.15) is 10.7 Å². The van der Waals surface area contributed by atoms with Gasteiger partial charge in [-0.3, -0.25) is 14.9 Å². The molecule has 31 heavy (non-hydrogen) atoms. The molecule has 0 saturated heterocycles. The lowest BCUT2D eigenvalue weighted by Crippen LogP contribution is -2.23. The summed E-state index contributed by atoms with van der Waals surface area (Å²) >= 11 is 1.28. The molecule has 1 aliphatic carbocycles. The summed E-state index contributed by atoms with van der Waals surface area (Å²) in [6.45, 7) is 5.59. The molecule has 2 N–H and O–H groups in total. The molecule has 166 valence electrons. The number of carbonyl (C=O) groups is 2. The number of carbonyl (C=O) groups excluding carboxylic acids is 2. The molecule has 9 heteroatoms. The number of amides is 1. The number of nitrogens with zero attached hydrogens (tertiary/aromatic N) is 1. The number of thiophene rings is 1. The van der Waals surface area contributed by atoms with Crippen molar-refractivity contribution in [2.45, 2.75) is 58.9 Å². The first-order chi connectivity index (χ1) is 14.8. The lowest BCUT2D eigenvalue weighted by atomic mass is 9.95. The summed E-state index contributed by atoms with van der Waals surface area (Å²) in [5, 5.41) is 18.0. The van der Waals surface area contributed by atoms with Crippen LogP contribution < -0.4 is 10.6 Å². The molecule has 8 nitrogen and oxygen atoms in total. The summed E-state index contributed by atoms with van der Waals surface area (Å²) in [5.74, 6) is -1.02. The molecule has 0 radical (unpaired) electrons. The second kappa shape index (κ2) is 9.91. The Labute approximate surface area is 185 Å². The summed E-state index contributed by atoms with van der Waals surface area (Å²) in [6, 6.07) is 4.62. The number of hydrogen-bond donors (Lipinski definition) is 2. The molecular formula is C22H27N3O5S. The van der Waals surface area contributed by atoms with Crippen LogP contribution in [0.5, 0.6) is 0 Å². The van der Waals surface area contributed by atoms with Crippen molar-refractivity contribution < 1.29 is 19.2 Å². The third kappa shape index (κ3) is 5.22. The van der Waals surface area contributed by atoms with E-state index < -0.39 is 16.8 Å². The number of nitro benzene ring substituents is 1. The van der Waals surface area contributed by atoms with Crippen molar-refractivity contribution in [3.8, 4) is 0 Å². The zero-order valence-corrected chi connectivity index (χ0v) is 18.8. The first-order valence-electron chi connectivity index (χ1n) is 10.4. The van der Waals surface area contributed by atoms with Gasteiger partial charge in [-0.1, -0.05) is 19.3 Å².